The van der Waals surface area contributed by atoms with E-state index in [0.717, 1.165) is 18.9 Å². The molecule has 2 amide bonds. The molecular formula is C19H18ClF3N2O2. The minimum Gasteiger partial charge on any atom is -0.348 e. The Labute approximate surface area is 159 Å². The number of benzene rings is 2. The van der Waals surface area contributed by atoms with Gasteiger partial charge in [0, 0.05) is 12.2 Å². The summed E-state index contributed by atoms with van der Waals surface area (Å²) in [7, 11) is 0. The average Bonchev–Trinajstić information content (AvgIpc) is 2.62. The first-order chi connectivity index (χ1) is 12.8. The van der Waals surface area contributed by atoms with Crippen molar-refractivity contribution < 1.29 is 22.8 Å². The number of aryl methyl sites for hydroxylation is 1. The number of carbonyl (C=O) groups is 2. The summed E-state index contributed by atoms with van der Waals surface area (Å²) in [5.74, 6) is -1.94. The van der Waals surface area contributed by atoms with Crippen LogP contribution in [0.3, 0.4) is 0 Å². The minimum absolute atomic E-state index is 0.157. The normalized spacial score (nSPS) is 11.1. The standard InChI is InChI=1S/C19H18ClF3N2O2/c20-16-10-9-14(12-15(16)19(21,22)23)25-18(27)17(26)24-11-5-4-8-13-6-2-1-3-7-13/h1-3,6-7,9-10,12H,4-5,8,11H2,(H,24,26)(H,25,27). The van der Waals surface area contributed by atoms with Gasteiger partial charge in [0.25, 0.3) is 0 Å². The summed E-state index contributed by atoms with van der Waals surface area (Å²) in [6.45, 7) is 0.299. The molecule has 0 spiro atoms. The Hall–Kier alpha value is -2.54. The van der Waals surface area contributed by atoms with Crippen LogP contribution in [0.4, 0.5) is 18.9 Å². The fraction of sp³-hybridized carbons (Fsp3) is 0.263. The number of amides is 2. The van der Waals surface area contributed by atoms with Crippen LogP contribution in [0.5, 0.6) is 0 Å². The third kappa shape index (κ3) is 6.60. The van der Waals surface area contributed by atoms with Crippen molar-refractivity contribution in [3.8, 4) is 0 Å². The van der Waals surface area contributed by atoms with E-state index in [2.05, 4.69) is 10.6 Å². The molecule has 144 valence electrons. The predicted octanol–water partition coefficient (Wildman–Crippen LogP) is 4.44. The van der Waals surface area contributed by atoms with Crippen LogP contribution in [0, 0.1) is 0 Å². The lowest BCUT2D eigenvalue weighted by molar-refractivity contribution is -0.137. The summed E-state index contributed by atoms with van der Waals surface area (Å²) in [4.78, 5) is 23.6. The van der Waals surface area contributed by atoms with Gasteiger partial charge in [-0.05, 0) is 43.0 Å². The van der Waals surface area contributed by atoms with Crippen LogP contribution in [0.2, 0.25) is 5.02 Å². The van der Waals surface area contributed by atoms with E-state index in [-0.39, 0.29) is 5.69 Å². The SMILES string of the molecule is O=C(NCCCCc1ccccc1)C(=O)Nc1ccc(Cl)c(C(F)(F)F)c1. The van der Waals surface area contributed by atoms with E-state index < -0.39 is 28.6 Å². The Morgan fingerprint density at radius 3 is 2.33 bits per heavy atom. The first kappa shape index (κ1) is 20.8. The van der Waals surface area contributed by atoms with Crippen LogP contribution in [-0.4, -0.2) is 18.4 Å². The molecule has 8 heteroatoms. The number of halogens is 4. The van der Waals surface area contributed by atoms with Crippen molar-refractivity contribution in [2.45, 2.75) is 25.4 Å². The molecular weight excluding hydrogens is 381 g/mol. The minimum atomic E-state index is -4.65. The Balaban J connectivity index is 1.78. The molecule has 2 aromatic rings. The molecule has 0 aliphatic heterocycles. The molecule has 4 nitrogen and oxygen atoms in total. The number of hydrogen-bond donors (Lipinski definition) is 2. The summed E-state index contributed by atoms with van der Waals surface area (Å²) < 4.78 is 38.4. The third-order valence-electron chi connectivity index (χ3n) is 3.76. The van der Waals surface area contributed by atoms with Crippen LogP contribution in [-0.2, 0) is 22.2 Å². The zero-order valence-electron chi connectivity index (χ0n) is 14.3. The molecule has 0 saturated heterocycles. The quantitative estimate of drug-likeness (QED) is 0.558. The number of alkyl halides is 3. The first-order valence-corrected chi connectivity index (χ1v) is 8.65. The number of anilines is 1. The van der Waals surface area contributed by atoms with Gasteiger partial charge in [-0.15, -0.1) is 0 Å². The van der Waals surface area contributed by atoms with Crippen LogP contribution in [0.25, 0.3) is 0 Å². The summed E-state index contributed by atoms with van der Waals surface area (Å²) in [5, 5.41) is 4.10. The zero-order valence-corrected chi connectivity index (χ0v) is 15.0. The van der Waals surface area contributed by atoms with E-state index in [4.69, 9.17) is 11.6 Å². The Morgan fingerprint density at radius 2 is 1.67 bits per heavy atom. The highest BCUT2D eigenvalue weighted by Crippen LogP contribution is 2.36. The molecule has 0 aliphatic rings. The Bertz CT molecular complexity index is 795. The largest absolute Gasteiger partial charge is 0.417 e. The maximum atomic E-state index is 12.8. The van der Waals surface area contributed by atoms with E-state index in [9.17, 15) is 22.8 Å². The second kappa shape index (κ2) is 9.41. The van der Waals surface area contributed by atoms with Crippen molar-refractivity contribution in [3.05, 3.63) is 64.7 Å². The summed E-state index contributed by atoms with van der Waals surface area (Å²) in [6, 6.07) is 12.7. The van der Waals surface area contributed by atoms with Crippen molar-refractivity contribution in [3.63, 3.8) is 0 Å². The highest BCUT2D eigenvalue weighted by Gasteiger charge is 2.33. The molecule has 0 aromatic heterocycles. The van der Waals surface area contributed by atoms with Gasteiger partial charge in [0.05, 0.1) is 10.6 Å². The molecule has 27 heavy (non-hydrogen) atoms. The van der Waals surface area contributed by atoms with Crippen molar-refractivity contribution in [1.82, 2.24) is 5.32 Å². The number of rotatable bonds is 6. The molecule has 0 fully saturated rings. The van der Waals surface area contributed by atoms with Gasteiger partial charge in [0.1, 0.15) is 0 Å². The molecule has 0 bridgehead atoms. The zero-order chi connectivity index (χ0) is 19.9. The topological polar surface area (TPSA) is 58.2 Å². The third-order valence-corrected chi connectivity index (χ3v) is 4.09. The van der Waals surface area contributed by atoms with E-state index in [1.807, 2.05) is 30.3 Å². The molecule has 0 unspecified atom stereocenters. The average molecular weight is 399 g/mol. The van der Waals surface area contributed by atoms with Crippen LogP contribution in [0.15, 0.2) is 48.5 Å². The highest BCUT2D eigenvalue weighted by atomic mass is 35.5. The second-order valence-electron chi connectivity index (χ2n) is 5.85. The van der Waals surface area contributed by atoms with E-state index in [1.54, 1.807) is 0 Å². The van der Waals surface area contributed by atoms with Gasteiger partial charge in [-0.1, -0.05) is 41.9 Å². The van der Waals surface area contributed by atoms with Gasteiger partial charge in [-0.25, -0.2) is 0 Å². The lowest BCUT2D eigenvalue weighted by atomic mass is 10.1. The molecule has 2 aromatic carbocycles. The van der Waals surface area contributed by atoms with Gasteiger partial charge in [0.2, 0.25) is 0 Å². The second-order valence-corrected chi connectivity index (χ2v) is 6.25. The van der Waals surface area contributed by atoms with E-state index in [1.165, 1.54) is 11.6 Å². The van der Waals surface area contributed by atoms with E-state index >= 15 is 0 Å². The number of nitrogens with one attached hydrogen (secondary N) is 2. The number of hydrogen-bond acceptors (Lipinski definition) is 2. The van der Waals surface area contributed by atoms with Crippen LogP contribution in [0.1, 0.15) is 24.0 Å². The van der Waals surface area contributed by atoms with Gasteiger partial charge in [0.15, 0.2) is 0 Å². The lowest BCUT2D eigenvalue weighted by Crippen LogP contribution is -2.36. The highest BCUT2D eigenvalue weighted by molar-refractivity contribution is 6.39. The van der Waals surface area contributed by atoms with Gasteiger partial charge in [-0.2, -0.15) is 13.2 Å². The smallest absolute Gasteiger partial charge is 0.348 e. The molecule has 2 rings (SSSR count). The van der Waals surface area contributed by atoms with Crippen molar-refractivity contribution >= 4 is 29.1 Å². The van der Waals surface area contributed by atoms with Crippen LogP contribution < -0.4 is 10.6 Å². The first-order valence-electron chi connectivity index (χ1n) is 8.27. The number of unbranched alkanes of at least 4 members (excludes halogenated alkanes) is 1. The van der Waals surface area contributed by atoms with E-state index in [0.29, 0.717) is 19.0 Å². The lowest BCUT2D eigenvalue weighted by Gasteiger charge is -2.11. The van der Waals surface area contributed by atoms with Crippen molar-refractivity contribution in [2.75, 3.05) is 11.9 Å². The van der Waals surface area contributed by atoms with Gasteiger partial charge in [-0.3, -0.25) is 9.59 Å². The Kier molecular flexibility index (Phi) is 7.24. The molecule has 0 radical (unpaired) electrons. The predicted molar refractivity (Wildman–Crippen MR) is 97.5 cm³/mol. The molecule has 0 heterocycles. The fourth-order valence-electron chi connectivity index (χ4n) is 2.39. The van der Waals surface area contributed by atoms with Gasteiger partial charge >= 0.3 is 18.0 Å². The van der Waals surface area contributed by atoms with Crippen LogP contribution >= 0.6 is 11.6 Å². The Morgan fingerprint density at radius 1 is 0.963 bits per heavy atom. The maximum absolute atomic E-state index is 12.8. The molecule has 0 atom stereocenters. The monoisotopic (exact) mass is 398 g/mol. The molecule has 2 N–H and O–H groups in total. The summed E-state index contributed by atoms with van der Waals surface area (Å²) in [5.41, 5.74) is -0.0518. The fourth-order valence-corrected chi connectivity index (χ4v) is 2.61. The van der Waals surface area contributed by atoms with Crippen molar-refractivity contribution in [1.29, 1.82) is 0 Å². The van der Waals surface area contributed by atoms with Crippen molar-refractivity contribution in [2.24, 2.45) is 0 Å². The number of carbonyl (C=O) groups excluding carboxylic acids is 2. The summed E-state index contributed by atoms with van der Waals surface area (Å²) in [6.07, 6.45) is -2.29. The summed E-state index contributed by atoms with van der Waals surface area (Å²) >= 11 is 5.51. The molecule has 0 aliphatic carbocycles. The maximum Gasteiger partial charge on any atom is 0.417 e. The van der Waals surface area contributed by atoms with Gasteiger partial charge < -0.3 is 10.6 Å². The molecule has 0 saturated carbocycles.